The van der Waals surface area contributed by atoms with Crippen molar-refractivity contribution in [2.45, 2.75) is 12.3 Å². The summed E-state index contributed by atoms with van der Waals surface area (Å²) < 4.78 is 59.0. The van der Waals surface area contributed by atoms with E-state index in [2.05, 4.69) is 0 Å². The van der Waals surface area contributed by atoms with Gasteiger partial charge in [-0.3, -0.25) is 0 Å². The number of benzene rings is 1. The Labute approximate surface area is 107 Å². The van der Waals surface area contributed by atoms with Crippen LogP contribution in [-0.4, -0.2) is 25.5 Å². The van der Waals surface area contributed by atoms with Gasteiger partial charge in [-0.1, -0.05) is 17.7 Å². The highest BCUT2D eigenvalue weighted by Gasteiger charge is 2.31. The van der Waals surface area contributed by atoms with Gasteiger partial charge in [-0.25, -0.2) is 8.42 Å². The Balaban J connectivity index is 3.07. The average molecular weight is 303 g/mol. The standard InChI is InChI=1S/C10H10ClF3O3S/c1-18(16,17)5-9(15)7-3-2-6(4-8(7)11)10(12,13)14/h2-4,9,15H,5H2,1H3. The van der Waals surface area contributed by atoms with E-state index in [0.717, 1.165) is 18.4 Å². The number of aliphatic hydroxyl groups is 1. The Morgan fingerprint density at radius 2 is 1.94 bits per heavy atom. The van der Waals surface area contributed by atoms with Crippen molar-refractivity contribution in [3.8, 4) is 0 Å². The molecule has 8 heteroatoms. The number of sulfone groups is 1. The lowest BCUT2D eigenvalue weighted by Crippen LogP contribution is -2.14. The van der Waals surface area contributed by atoms with Crippen molar-refractivity contribution >= 4 is 21.4 Å². The van der Waals surface area contributed by atoms with Gasteiger partial charge < -0.3 is 5.11 Å². The van der Waals surface area contributed by atoms with Gasteiger partial charge in [0.05, 0.1) is 17.4 Å². The summed E-state index contributed by atoms with van der Waals surface area (Å²) in [6.07, 6.45) is -5.08. The van der Waals surface area contributed by atoms with Crippen LogP contribution in [0.2, 0.25) is 5.02 Å². The molecular formula is C10H10ClF3O3S. The van der Waals surface area contributed by atoms with Crippen LogP contribution in [0.25, 0.3) is 0 Å². The summed E-state index contributed by atoms with van der Waals surface area (Å²) >= 11 is 5.60. The van der Waals surface area contributed by atoms with Gasteiger partial charge in [0.15, 0.2) is 0 Å². The van der Waals surface area contributed by atoms with Crippen molar-refractivity contribution in [3.05, 3.63) is 34.3 Å². The zero-order valence-corrected chi connectivity index (χ0v) is 10.8. The molecule has 0 saturated carbocycles. The molecular weight excluding hydrogens is 293 g/mol. The Bertz CT molecular complexity index is 540. The quantitative estimate of drug-likeness (QED) is 0.933. The topological polar surface area (TPSA) is 54.4 Å². The maximum atomic E-state index is 12.4. The Hall–Kier alpha value is -0.790. The van der Waals surface area contributed by atoms with Gasteiger partial charge in [-0.15, -0.1) is 0 Å². The molecule has 102 valence electrons. The lowest BCUT2D eigenvalue weighted by atomic mass is 10.1. The van der Waals surface area contributed by atoms with Crippen LogP contribution >= 0.6 is 11.6 Å². The first-order valence-corrected chi connectivity index (χ1v) is 7.17. The summed E-state index contributed by atoms with van der Waals surface area (Å²) in [5.41, 5.74) is -1.00. The second-order valence-corrected chi connectivity index (χ2v) is 6.43. The highest BCUT2D eigenvalue weighted by atomic mass is 35.5. The van der Waals surface area contributed by atoms with Crippen LogP contribution in [0.5, 0.6) is 0 Å². The molecule has 0 amide bonds. The minimum absolute atomic E-state index is 0.0462. The number of hydrogen-bond donors (Lipinski definition) is 1. The molecule has 18 heavy (non-hydrogen) atoms. The summed E-state index contributed by atoms with van der Waals surface area (Å²) in [6, 6.07) is 2.37. The highest BCUT2D eigenvalue weighted by molar-refractivity contribution is 7.90. The molecule has 1 aromatic rings. The second-order valence-electron chi connectivity index (χ2n) is 3.84. The molecule has 0 bridgehead atoms. The summed E-state index contributed by atoms with van der Waals surface area (Å²) in [4.78, 5) is 0. The van der Waals surface area contributed by atoms with Gasteiger partial charge in [0.1, 0.15) is 9.84 Å². The van der Waals surface area contributed by atoms with Crippen LogP contribution in [0, 0.1) is 0 Å². The van der Waals surface area contributed by atoms with Crippen molar-refractivity contribution in [1.29, 1.82) is 0 Å². The molecule has 1 aromatic carbocycles. The van der Waals surface area contributed by atoms with Crippen LogP contribution in [-0.2, 0) is 16.0 Å². The van der Waals surface area contributed by atoms with Crippen molar-refractivity contribution in [2.24, 2.45) is 0 Å². The Morgan fingerprint density at radius 1 is 1.39 bits per heavy atom. The summed E-state index contributed by atoms with van der Waals surface area (Å²) in [5, 5.41) is 9.27. The molecule has 0 aliphatic carbocycles. The fourth-order valence-electron chi connectivity index (χ4n) is 1.35. The highest BCUT2D eigenvalue weighted by Crippen LogP contribution is 2.33. The minimum atomic E-state index is -4.54. The third kappa shape index (κ3) is 4.15. The SMILES string of the molecule is CS(=O)(=O)CC(O)c1ccc(C(F)(F)F)cc1Cl. The van der Waals surface area contributed by atoms with Crippen LogP contribution in [0.4, 0.5) is 13.2 Å². The summed E-state index contributed by atoms with van der Waals surface area (Å²) in [5.74, 6) is -0.599. The number of hydrogen-bond acceptors (Lipinski definition) is 3. The molecule has 1 unspecified atom stereocenters. The molecule has 3 nitrogen and oxygen atoms in total. The molecule has 1 atom stereocenters. The van der Waals surface area contributed by atoms with E-state index in [1.54, 1.807) is 0 Å². The van der Waals surface area contributed by atoms with Crippen LogP contribution in [0.3, 0.4) is 0 Å². The molecule has 0 fully saturated rings. The molecule has 0 aliphatic heterocycles. The number of aliphatic hydroxyl groups excluding tert-OH is 1. The van der Waals surface area contributed by atoms with E-state index in [9.17, 15) is 26.7 Å². The number of rotatable bonds is 3. The first-order valence-electron chi connectivity index (χ1n) is 4.73. The van der Waals surface area contributed by atoms with Crippen LogP contribution in [0.15, 0.2) is 18.2 Å². The predicted octanol–water partition coefficient (Wildman–Crippen LogP) is 2.44. The van der Waals surface area contributed by atoms with E-state index in [1.165, 1.54) is 0 Å². The van der Waals surface area contributed by atoms with E-state index in [-0.39, 0.29) is 10.6 Å². The Morgan fingerprint density at radius 3 is 2.33 bits per heavy atom. The number of halogens is 4. The van der Waals surface area contributed by atoms with Gasteiger partial charge in [0.25, 0.3) is 0 Å². The maximum Gasteiger partial charge on any atom is 0.416 e. The average Bonchev–Trinajstić information content (AvgIpc) is 2.12. The van der Waals surface area contributed by atoms with Gasteiger partial charge in [-0.2, -0.15) is 13.2 Å². The lowest BCUT2D eigenvalue weighted by molar-refractivity contribution is -0.137. The third-order valence-electron chi connectivity index (χ3n) is 2.15. The fourth-order valence-corrected chi connectivity index (χ4v) is 2.41. The van der Waals surface area contributed by atoms with E-state index >= 15 is 0 Å². The van der Waals surface area contributed by atoms with Crippen LogP contribution < -0.4 is 0 Å². The van der Waals surface area contributed by atoms with Crippen molar-refractivity contribution in [2.75, 3.05) is 12.0 Å². The molecule has 0 aromatic heterocycles. The van der Waals surface area contributed by atoms with E-state index < -0.39 is 33.4 Å². The molecule has 1 N–H and O–H groups in total. The van der Waals surface area contributed by atoms with Crippen molar-refractivity contribution in [3.63, 3.8) is 0 Å². The lowest BCUT2D eigenvalue weighted by Gasteiger charge is -2.14. The summed E-state index contributed by atoms with van der Waals surface area (Å²) in [7, 11) is -3.46. The monoisotopic (exact) mass is 302 g/mol. The fraction of sp³-hybridized carbons (Fsp3) is 0.400. The molecule has 0 heterocycles. The minimum Gasteiger partial charge on any atom is -0.387 e. The molecule has 1 rings (SSSR count). The zero-order valence-electron chi connectivity index (χ0n) is 9.20. The number of alkyl halides is 3. The van der Waals surface area contributed by atoms with E-state index in [4.69, 9.17) is 11.6 Å². The van der Waals surface area contributed by atoms with Gasteiger partial charge in [0, 0.05) is 16.8 Å². The van der Waals surface area contributed by atoms with Crippen molar-refractivity contribution < 1.29 is 26.7 Å². The van der Waals surface area contributed by atoms with Crippen LogP contribution in [0.1, 0.15) is 17.2 Å². The summed E-state index contributed by atoms with van der Waals surface area (Å²) in [6.45, 7) is 0. The largest absolute Gasteiger partial charge is 0.416 e. The van der Waals surface area contributed by atoms with E-state index in [1.807, 2.05) is 0 Å². The molecule has 0 saturated heterocycles. The maximum absolute atomic E-state index is 12.4. The smallest absolute Gasteiger partial charge is 0.387 e. The Kier molecular flexibility index (Phi) is 4.30. The van der Waals surface area contributed by atoms with Gasteiger partial charge in [0.2, 0.25) is 0 Å². The van der Waals surface area contributed by atoms with E-state index in [0.29, 0.717) is 6.07 Å². The van der Waals surface area contributed by atoms with Gasteiger partial charge >= 0.3 is 6.18 Å². The van der Waals surface area contributed by atoms with Gasteiger partial charge in [-0.05, 0) is 12.1 Å². The molecule has 0 radical (unpaired) electrons. The molecule has 0 aliphatic rings. The molecule has 0 spiro atoms. The second kappa shape index (κ2) is 5.07. The zero-order chi connectivity index (χ0) is 14.1. The third-order valence-corrected chi connectivity index (χ3v) is 3.40. The first kappa shape index (κ1) is 15.3. The normalized spacial score (nSPS) is 14.6. The predicted molar refractivity (Wildman–Crippen MR) is 61.1 cm³/mol. The van der Waals surface area contributed by atoms with Crippen molar-refractivity contribution in [1.82, 2.24) is 0 Å². The first-order chi connectivity index (χ1) is 8.00.